The van der Waals surface area contributed by atoms with Crippen molar-refractivity contribution in [3.8, 4) is 11.8 Å². The number of nitrogens with zero attached hydrogens (tertiary/aromatic N) is 1. The van der Waals surface area contributed by atoms with Crippen molar-refractivity contribution in [3.05, 3.63) is 47.1 Å². The van der Waals surface area contributed by atoms with Crippen molar-refractivity contribution in [2.24, 2.45) is 0 Å². The van der Waals surface area contributed by atoms with Crippen molar-refractivity contribution in [2.75, 3.05) is 20.3 Å². The van der Waals surface area contributed by atoms with Crippen LogP contribution in [0.2, 0.25) is 0 Å². The summed E-state index contributed by atoms with van der Waals surface area (Å²) in [7, 11) is 1.55. The SMILES string of the molecule is COCCNC(=O)C(C#N)=CC1=Cc2ccccc2OC1C. The second kappa shape index (κ2) is 7.43. The average Bonchev–Trinajstić information content (AvgIpc) is 2.52. The van der Waals surface area contributed by atoms with E-state index in [9.17, 15) is 10.1 Å². The maximum absolute atomic E-state index is 11.9. The van der Waals surface area contributed by atoms with Crippen molar-refractivity contribution in [1.82, 2.24) is 5.32 Å². The Labute approximate surface area is 129 Å². The molecule has 1 heterocycles. The van der Waals surface area contributed by atoms with Gasteiger partial charge in [0.15, 0.2) is 0 Å². The first-order valence-electron chi connectivity index (χ1n) is 7.02. The van der Waals surface area contributed by atoms with Crippen LogP contribution in [0.25, 0.3) is 6.08 Å². The van der Waals surface area contributed by atoms with E-state index in [1.165, 1.54) is 0 Å². The molecule has 0 aliphatic carbocycles. The summed E-state index contributed by atoms with van der Waals surface area (Å²) in [6.07, 6.45) is 3.29. The molecule has 5 nitrogen and oxygen atoms in total. The predicted octanol–water partition coefficient (Wildman–Crippen LogP) is 2.06. The van der Waals surface area contributed by atoms with Crippen molar-refractivity contribution in [2.45, 2.75) is 13.0 Å². The van der Waals surface area contributed by atoms with Gasteiger partial charge < -0.3 is 14.8 Å². The fourth-order valence-electron chi connectivity index (χ4n) is 2.10. The summed E-state index contributed by atoms with van der Waals surface area (Å²) in [6, 6.07) is 9.58. The van der Waals surface area contributed by atoms with Crippen molar-refractivity contribution < 1.29 is 14.3 Å². The third-order valence-corrected chi connectivity index (χ3v) is 3.28. The highest BCUT2D eigenvalue weighted by atomic mass is 16.5. The molecule has 1 unspecified atom stereocenters. The Morgan fingerprint density at radius 1 is 1.50 bits per heavy atom. The Morgan fingerprint density at radius 3 is 3.00 bits per heavy atom. The average molecular weight is 298 g/mol. The van der Waals surface area contributed by atoms with Gasteiger partial charge in [0.25, 0.3) is 5.91 Å². The van der Waals surface area contributed by atoms with Crippen LogP contribution in [0.3, 0.4) is 0 Å². The van der Waals surface area contributed by atoms with Gasteiger partial charge in [-0.05, 0) is 30.7 Å². The lowest BCUT2D eigenvalue weighted by Gasteiger charge is -2.22. The van der Waals surface area contributed by atoms with E-state index < -0.39 is 5.91 Å². The Morgan fingerprint density at radius 2 is 2.27 bits per heavy atom. The first-order valence-corrected chi connectivity index (χ1v) is 7.02. The first-order chi connectivity index (χ1) is 10.7. The lowest BCUT2D eigenvalue weighted by atomic mass is 10.0. The number of hydrogen-bond acceptors (Lipinski definition) is 4. The van der Waals surface area contributed by atoms with Crippen LogP contribution in [0, 0.1) is 11.3 Å². The van der Waals surface area contributed by atoms with Crippen LogP contribution in [-0.4, -0.2) is 32.3 Å². The molecule has 1 aromatic carbocycles. The highest BCUT2D eigenvalue weighted by Crippen LogP contribution is 2.30. The summed E-state index contributed by atoms with van der Waals surface area (Å²) >= 11 is 0. The molecule has 0 aromatic heterocycles. The Kier molecular flexibility index (Phi) is 5.34. The van der Waals surface area contributed by atoms with E-state index in [0.29, 0.717) is 13.2 Å². The fourth-order valence-corrected chi connectivity index (χ4v) is 2.10. The molecule has 0 saturated heterocycles. The van der Waals surface area contributed by atoms with Gasteiger partial charge in [0, 0.05) is 19.2 Å². The molecular formula is C17H18N2O3. The molecule has 1 N–H and O–H groups in total. The molecule has 22 heavy (non-hydrogen) atoms. The van der Waals surface area contributed by atoms with Crippen LogP contribution >= 0.6 is 0 Å². The molecule has 0 saturated carbocycles. The van der Waals surface area contributed by atoms with E-state index in [-0.39, 0.29) is 11.7 Å². The summed E-state index contributed by atoms with van der Waals surface area (Å²) in [5, 5.41) is 11.8. The maximum atomic E-state index is 11.9. The molecule has 5 heteroatoms. The monoisotopic (exact) mass is 298 g/mol. The summed E-state index contributed by atoms with van der Waals surface area (Å²) in [5.74, 6) is 0.390. The smallest absolute Gasteiger partial charge is 0.262 e. The summed E-state index contributed by atoms with van der Waals surface area (Å²) < 4.78 is 10.7. The molecule has 0 radical (unpaired) electrons. The number of ether oxygens (including phenoxy) is 2. The van der Waals surface area contributed by atoms with E-state index in [1.807, 2.05) is 43.3 Å². The van der Waals surface area contributed by atoms with Gasteiger partial charge in [-0.1, -0.05) is 18.2 Å². The molecule has 1 aromatic rings. The summed E-state index contributed by atoms with van der Waals surface area (Å²) in [5.41, 5.74) is 1.78. The number of carbonyl (C=O) groups excluding carboxylic acids is 1. The number of rotatable bonds is 5. The Balaban J connectivity index is 2.21. The summed E-state index contributed by atoms with van der Waals surface area (Å²) in [4.78, 5) is 11.9. The third-order valence-electron chi connectivity index (χ3n) is 3.28. The standard InChI is InChI=1S/C17H18N2O3/c1-12-14(9-13-5-3-4-6-16(13)22-12)10-15(11-18)17(20)19-7-8-21-2/h3-6,9-10,12H,7-8H2,1-2H3,(H,19,20). The quantitative estimate of drug-likeness (QED) is 0.513. The normalized spacial score (nSPS) is 16.9. The molecule has 114 valence electrons. The van der Waals surface area contributed by atoms with E-state index in [4.69, 9.17) is 9.47 Å². The molecule has 1 atom stereocenters. The second-order valence-electron chi connectivity index (χ2n) is 4.86. The number of benzene rings is 1. The number of methoxy groups -OCH3 is 1. The second-order valence-corrected chi connectivity index (χ2v) is 4.86. The number of fused-ring (bicyclic) bond motifs is 1. The highest BCUT2D eigenvalue weighted by Gasteiger charge is 2.19. The van der Waals surface area contributed by atoms with E-state index in [1.54, 1.807) is 13.2 Å². The minimum Gasteiger partial charge on any atom is -0.485 e. The Bertz CT molecular complexity index is 656. The van der Waals surface area contributed by atoms with Gasteiger partial charge >= 0.3 is 0 Å². The molecule has 1 amide bonds. The number of hydrogen-bond donors (Lipinski definition) is 1. The van der Waals surface area contributed by atoms with Gasteiger partial charge in [-0.25, -0.2) is 0 Å². The lowest BCUT2D eigenvalue weighted by Crippen LogP contribution is -2.28. The van der Waals surface area contributed by atoms with Crippen LogP contribution < -0.4 is 10.1 Å². The maximum Gasteiger partial charge on any atom is 0.262 e. The number of amides is 1. The molecule has 2 rings (SSSR count). The van der Waals surface area contributed by atoms with Gasteiger partial charge in [0.05, 0.1) is 6.61 Å². The minimum atomic E-state index is -0.411. The zero-order valence-electron chi connectivity index (χ0n) is 12.6. The van der Waals surface area contributed by atoms with Crippen molar-refractivity contribution in [3.63, 3.8) is 0 Å². The number of carbonyl (C=O) groups is 1. The summed E-state index contributed by atoms with van der Waals surface area (Å²) in [6.45, 7) is 2.65. The molecule has 1 aliphatic heterocycles. The Hall–Kier alpha value is -2.58. The fraction of sp³-hybridized carbons (Fsp3) is 0.294. The molecular weight excluding hydrogens is 280 g/mol. The van der Waals surface area contributed by atoms with E-state index in [0.717, 1.165) is 16.9 Å². The number of nitriles is 1. The predicted molar refractivity (Wildman–Crippen MR) is 83.1 cm³/mol. The van der Waals surface area contributed by atoms with Gasteiger partial charge in [-0.2, -0.15) is 5.26 Å². The van der Waals surface area contributed by atoms with Crippen LogP contribution in [0.1, 0.15) is 12.5 Å². The lowest BCUT2D eigenvalue weighted by molar-refractivity contribution is -0.117. The zero-order chi connectivity index (χ0) is 15.9. The zero-order valence-corrected chi connectivity index (χ0v) is 12.6. The van der Waals surface area contributed by atoms with Crippen LogP contribution in [0.15, 0.2) is 41.5 Å². The molecule has 1 aliphatic rings. The first kappa shape index (κ1) is 15.8. The third kappa shape index (κ3) is 3.74. The van der Waals surface area contributed by atoms with Crippen molar-refractivity contribution >= 4 is 12.0 Å². The van der Waals surface area contributed by atoms with E-state index in [2.05, 4.69) is 5.32 Å². The topological polar surface area (TPSA) is 71.3 Å². The highest BCUT2D eigenvalue weighted by molar-refractivity contribution is 5.98. The molecule has 0 bridgehead atoms. The molecule has 0 fully saturated rings. The number of nitrogens with one attached hydrogen (secondary N) is 1. The van der Waals surface area contributed by atoms with Crippen LogP contribution in [0.5, 0.6) is 5.75 Å². The molecule has 0 spiro atoms. The van der Waals surface area contributed by atoms with Gasteiger partial charge in [0.2, 0.25) is 0 Å². The van der Waals surface area contributed by atoms with Gasteiger partial charge in [-0.15, -0.1) is 0 Å². The van der Waals surface area contributed by atoms with Crippen molar-refractivity contribution in [1.29, 1.82) is 5.26 Å². The largest absolute Gasteiger partial charge is 0.485 e. The minimum absolute atomic E-state index is 0.0529. The van der Waals surface area contributed by atoms with Gasteiger partial charge in [-0.3, -0.25) is 4.79 Å². The number of para-hydroxylation sites is 1. The van der Waals surface area contributed by atoms with E-state index >= 15 is 0 Å². The van der Waals surface area contributed by atoms with Gasteiger partial charge in [0.1, 0.15) is 23.5 Å². The van der Waals surface area contributed by atoms with Crippen LogP contribution in [0.4, 0.5) is 0 Å². The van der Waals surface area contributed by atoms with Crippen LogP contribution in [-0.2, 0) is 9.53 Å².